The monoisotopic (exact) mass is 355 g/mol. The van der Waals surface area contributed by atoms with Crippen LogP contribution in [0.15, 0.2) is 14.3 Å². The lowest BCUT2D eigenvalue weighted by Gasteiger charge is -2.10. The number of aliphatic hydroxyl groups is 1. The quantitative estimate of drug-likeness (QED) is 0.871. The fraction of sp³-hybridized carbons (Fsp3) is 0.444. The largest absolute Gasteiger partial charge is 0.396 e. The Kier molecular flexibility index (Phi) is 5.25. The summed E-state index contributed by atoms with van der Waals surface area (Å²) in [5, 5.41) is 11.5. The molecule has 0 fully saturated rings. The molecule has 0 aromatic carbocycles. The van der Waals surface area contributed by atoms with Crippen LogP contribution in [-0.2, 0) is 0 Å². The van der Waals surface area contributed by atoms with Gasteiger partial charge in [0.2, 0.25) is 0 Å². The molecule has 1 rings (SSSR count). The van der Waals surface area contributed by atoms with Crippen LogP contribution in [0, 0.1) is 0 Å². The minimum Gasteiger partial charge on any atom is -0.396 e. The number of hydrogen-bond donors (Lipinski definition) is 2. The molecular formula is C9H11Br2NO2S. The number of carbonyl (C=O) groups excluding carboxylic acids is 1. The Morgan fingerprint density at radius 3 is 2.80 bits per heavy atom. The lowest BCUT2D eigenvalue weighted by atomic mass is 10.2. The highest BCUT2D eigenvalue weighted by Gasteiger charge is 2.13. The topological polar surface area (TPSA) is 49.3 Å². The first-order valence-electron chi connectivity index (χ1n) is 4.41. The van der Waals surface area contributed by atoms with Crippen LogP contribution in [0.4, 0.5) is 0 Å². The first-order chi connectivity index (χ1) is 7.04. The number of hydrogen-bond acceptors (Lipinski definition) is 3. The van der Waals surface area contributed by atoms with Crippen LogP contribution in [-0.4, -0.2) is 23.7 Å². The number of nitrogens with one attached hydrogen (secondary N) is 1. The molecular weight excluding hydrogens is 346 g/mol. The number of carbonyl (C=O) groups is 1. The van der Waals surface area contributed by atoms with Gasteiger partial charge in [0.1, 0.15) is 0 Å². The molecule has 1 unspecified atom stereocenters. The van der Waals surface area contributed by atoms with Gasteiger partial charge in [0.25, 0.3) is 5.91 Å². The number of aliphatic hydroxyl groups excluding tert-OH is 1. The normalized spacial score (nSPS) is 12.5. The summed E-state index contributed by atoms with van der Waals surface area (Å²) in [5.74, 6) is -0.104. The Hall–Kier alpha value is 0.0900. The molecule has 1 aromatic heterocycles. The highest BCUT2D eigenvalue weighted by atomic mass is 79.9. The van der Waals surface area contributed by atoms with Crippen molar-refractivity contribution in [3.8, 4) is 0 Å². The molecule has 2 N–H and O–H groups in total. The fourth-order valence-corrected chi connectivity index (χ4v) is 2.96. The van der Waals surface area contributed by atoms with Crippen LogP contribution in [0.1, 0.15) is 23.0 Å². The van der Waals surface area contributed by atoms with Crippen LogP contribution in [0.25, 0.3) is 0 Å². The van der Waals surface area contributed by atoms with Crippen molar-refractivity contribution in [1.29, 1.82) is 0 Å². The van der Waals surface area contributed by atoms with Gasteiger partial charge in [-0.15, -0.1) is 11.3 Å². The van der Waals surface area contributed by atoms with Crippen molar-refractivity contribution < 1.29 is 9.90 Å². The van der Waals surface area contributed by atoms with Crippen molar-refractivity contribution in [3.05, 3.63) is 19.2 Å². The van der Waals surface area contributed by atoms with E-state index in [1.807, 2.05) is 6.92 Å². The summed E-state index contributed by atoms with van der Waals surface area (Å²) in [5.41, 5.74) is 0. The van der Waals surface area contributed by atoms with Gasteiger partial charge in [-0.05, 0) is 51.3 Å². The molecule has 0 aliphatic heterocycles. The van der Waals surface area contributed by atoms with Crippen molar-refractivity contribution in [2.75, 3.05) is 6.61 Å². The Bertz CT molecular complexity index is 334. The number of amides is 1. The van der Waals surface area contributed by atoms with Gasteiger partial charge < -0.3 is 10.4 Å². The zero-order chi connectivity index (χ0) is 11.4. The minimum absolute atomic E-state index is 0.0119. The minimum atomic E-state index is -0.104. The Balaban J connectivity index is 2.61. The average molecular weight is 357 g/mol. The van der Waals surface area contributed by atoms with Gasteiger partial charge in [0.05, 0.1) is 8.66 Å². The van der Waals surface area contributed by atoms with Gasteiger partial charge in [0, 0.05) is 17.1 Å². The zero-order valence-corrected chi connectivity index (χ0v) is 12.1. The molecule has 0 saturated carbocycles. The predicted octanol–water partition coefficient (Wildman–Crippen LogP) is 2.77. The smallest absolute Gasteiger partial charge is 0.261 e. The summed E-state index contributed by atoms with van der Waals surface area (Å²) in [6, 6.07) is 1.76. The maximum absolute atomic E-state index is 11.7. The molecule has 0 aliphatic carbocycles. The molecule has 1 heterocycles. The molecule has 0 aliphatic rings. The van der Waals surface area contributed by atoms with E-state index in [4.69, 9.17) is 5.11 Å². The van der Waals surface area contributed by atoms with Crippen LogP contribution < -0.4 is 5.32 Å². The maximum atomic E-state index is 11.7. The first kappa shape index (κ1) is 13.2. The number of rotatable bonds is 4. The van der Waals surface area contributed by atoms with Gasteiger partial charge in [-0.3, -0.25) is 4.79 Å². The second-order valence-electron chi connectivity index (χ2n) is 3.12. The standard InChI is InChI=1S/C9H11Br2NO2S/c1-5(2-3-13)12-9(14)7-4-6(10)8(11)15-7/h4-5,13H,2-3H2,1H3,(H,12,14). The molecule has 1 amide bonds. The highest BCUT2D eigenvalue weighted by molar-refractivity contribution is 9.13. The molecule has 1 aromatic rings. The molecule has 0 spiro atoms. The van der Waals surface area contributed by atoms with E-state index in [9.17, 15) is 4.79 Å². The Morgan fingerprint density at radius 1 is 1.67 bits per heavy atom. The second-order valence-corrected chi connectivity index (χ2v) is 6.34. The van der Waals surface area contributed by atoms with Crippen LogP contribution in [0.3, 0.4) is 0 Å². The van der Waals surface area contributed by atoms with Gasteiger partial charge in [-0.2, -0.15) is 0 Å². The van der Waals surface area contributed by atoms with E-state index in [1.54, 1.807) is 6.07 Å². The van der Waals surface area contributed by atoms with E-state index in [0.29, 0.717) is 11.3 Å². The number of thiophene rings is 1. The maximum Gasteiger partial charge on any atom is 0.261 e. The molecule has 84 valence electrons. The van der Waals surface area contributed by atoms with Crippen molar-refractivity contribution in [3.63, 3.8) is 0 Å². The van der Waals surface area contributed by atoms with Crippen LogP contribution in [0.5, 0.6) is 0 Å². The summed E-state index contributed by atoms with van der Waals surface area (Å²) >= 11 is 8.04. The second kappa shape index (κ2) is 5.98. The van der Waals surface area contributed by atoms with Gasteiger partial charge in [-0.25, -0.2) is 0 Å². The molecule has 6 heteroatoms. The first-order valence-corrected chi connectivity index (χ1v) is 6.81. The van der Waals surface area contributed by atoms with E-state index >= 15 is 0 Å². The summed E-state index contributed by atoms with van der Waals surface area (Å²) < 4.78 is 1.79. The SMILES string of the molecule is CC(CCO)NC(=O)c1cc(Br)c(Br)s1. The van der Waals surface area contributed by atoms with E-state index < -0.39 is 0 Å². The number of halogens is 2. The van der Waals surface area contributed by atoms with Crippen molar-refractivity contribution in [2.24, 2.45) is 0 Å². The molecule has 0 radical (unpaired) electrons. The van der Waals surface area contributed by atoms with Crippen molar-refractivity contribution in [1.82, 2.24) is 5.32 Å². The lowest BCUT2D eigenvalue weighted by Crippen LogP contribution is -2.32. The Morgan fingerprint density at radius 2 is 2.33 bits per heavy atom. The van der Waals surface area contributed by atoms with E-state index in [-0.39, 0.29) is 18.6 Å². The van der Waals surface area contributed by atoms with E-state index in [1.165, 1.54) is 11.3 Å². The van der Waals surface area contributed by atoms with Gasteiger partial charge in [-0.1, -0.05) is 0 Å². The predicted molar refractivity (Wildman–Crippen MR) is 68.4 cm³/mol. The summed E-state index contributed by atoms with van der Waals surface area (Å²) in [6.45, 7) is 1.95. The third-order valence-electron chi connectivity index (χ3n) is 1.81. The molecule has 0 bridgehead atoms. The Labute approximate surface area is 109 Å². The van der Waals surface area contributed by atoms with Gasteiger partial charge in [0.15, 0.2) is 0 Å². The fourth-order valence-electron chi connectivity index (χ4n) is 1.02. The molecule has 3 nitrogen and oxygen atoms in total. The van der Waals surface area contributed by atoms with E-state index in [2.05, 4.69) is 37.2 Å². The van der Waals surface area contributed by atoms with Crippen LogP contribution >= 0.6 is 43.2 Å². The average Bonchev–Trinajstić information content (AvgIpc) is 2.47. The molecule has 0 saturated heterocycles. The zero-order valence-electron chi connectivity index (χ0n) is 8.09. The summed E-state index contributed by atoms with van der Waals surface area (Å²) in [4.78, 5) is 12.3. The van der Waals surface area contributed by atoms with E-state index in [0.717, 1.165) is 8.26 Å². The van der Waals surface area contributed by atoms with Crippen molar-refractivity contribution >= 4 is 49.1 Å². The van der Waals surface area contributed by atoms with Crippen molar-refractivity contribution in [2.45, 2.75) is 19.4 Å². The third-order valence-corrected chi connectivity index (χ3v) is 5.06. The lowest BCUT2D eigenvalue weighted by molar-refractivity contribution is 0.0938. The molecule has 1 atom stereocenters. The summed E-state index contributed by atoms with van der Waals surface area (Å²) in [7, 11) is 0. The summed E-state index contributed by atoms with van der Waals surface area (Å²) in [6.07, 6.45) is 0.569. The van der Waals surface area contributed by atoms with Gasteiger partial charge >= 0.3 is 0 Å². The van der Waals surface area contributed by atoms with Crippen LogP contribution in [0.2, 0.25) is 0 Å². The molecule has 15 heavy (non-hydrogen) atoms. The third kappa shape index (κ3) is 3.86. The highest BCUT2D eigenvalue weighted by Crippen LogP contribution is 2.32.